The van der Waals surface area contributed by atoms with Crippen molar-refractivity contribution in [2.45, 2.75) is 24.0 Å². The third kappa shape index (κ3) is 6.60. The standard InChI is InChI=1S/C20H18N6O6S2.C2HF3O2/c1-2-4-25-5-3-9(16(25)28)6-10-7-33-18-13(17(29)26(18)14(10)19(30)31)23-15(27)12(24-32)11-8-34-20(21)22-11;3-2(4,5)1(6)7/h1,6,8,13,18,32H,3-5,7H2,(H2,21,22)(H,23,27)(H,30,31);(H,6,7)/t13-,18-;/m1./s1. The number of allylic oxidation sites excluding steroid dienone is 1. The summed E-state index contributed by atoms with van der Waals surface area (Å²) in [7, 11) is 0. The van der Waals surface area contributed by atoms with E-state index < -0.39 is 47.1 Å². The summed E-state index contributed by atoms with van der Waals surface area (Å²) in [6.07, 6.45) is 2.11. The number of nitrogen functional groups attached to an aromatic ring is 1. The number of oxime groups is 1. The second-order valence-corrected chi connectivity index (χ2v) is 10.2. The summed E-state index contributed by atoms with van der Waals surface area (Å²) in [5.41, 5.74) is 5.68. The van der Waals surface area contributed by atoms with Crippen LogP contribution >= 0.6 is 23.1 Å². The summed E-state index contributed by atoms with van der Waals surface area (Å²) < 4.78 is 31.7. The van der Waals surface area contributed by atoms with E-state index in [1.165, 1.54) is 28.1 Å². The highest BCUT2D eigenvalue weighted by Crippen LogP contribution is 2.41. The second kappa shape index (κ2) is 12.3. The first-order valence-electron chi connectivity index (χ1n) is 11.1. The summed E-state index contributed by atoms with van der Waals surface area (Å²) in [5, 5.41) is 32.5. The van der Waals surface area contributed by atoms with Gasteiger partial charge < -0.3 is 31.4 Å². The Morgan fingerprint density at radius 1 is 1.32 bits per heavy atom. The van der Waals surface area contributed by atoms with Crippen molar-refractivity contribution in [3.63, 3.8) is 0 Å². The number of thiazole rings is 1. The molecule has 14 nitrogen and oxygen atoms in total. The summed E-state index contributed by atoms with van der Waals surface area (Å²) in [6, 6.07) is -1.03. The van der Waals surface area contributed by atoms with Crippen molar-refractivity contribution in [2.24, 2.45) is 5.16 Å². The molecule has 19 heteroatoms. The molecule has 6 N–H and O–H groups in total. The smallest absolute Gasteiger partial charge is 0.477 e. The van der Waals surface area contributed by atoms with Crippen molar-refractivity contribution in [1.29, 1.82) is 0 Å². The highest BCUT2D eigenvalue weighted by Gasteiger charge is 2.54. The molecule has 3 amide bonds. The van der Waals surface area contributed by atoms with E-state index in [0.717, 1.165) is 16.2 Å². The average Bonchev–Trinajstić information content (AvgIpc) is 3.48. The molecule has 0 bridgehead atoms. The molecule has 2 atom stereocenters. The number of carboxylic acid groups (broad SMARTS) is 2. The number of thioether (sulfide) groups is 1. The number of amides is 3. The molecule has 0 aromatic carbocycles. The first-order valence-corrected chi connectivity index (χ1v) is 13.0. The fourth-order valence-corrected chi connectivity index (χ4v) is 5.70. The molecule has 0 aliphatic carbocycles. The van der Waals surface area contributed by atoms with Gasteiger partial charge in [0.2, 0.25) is 0 Å². The van der Waals surface area contributed by atoms with Crippen LogP contribution in [-0.4, -0.2) is 102 Å². The molecule has 4 heterocycles. The minimum atomic E-state index is -5.08. The summed E-state index contributed by atoms with van der Waals surface area (Å²) in [5.74, 6) is -3.22. The molecule has 3 aliphatic heterocycles. The fraction of sp³-hybridized carbons (Fsp3) is 0.318. The van der Waals surface area contributed by atoms with E-state index in [9.17, 15) is 42.7 Å². The normalized spacial score (nSPS) is 21.5. The topological polar surface area (TPSA) is 216 Å². The van der Waals surface area contributed by atoms with Crippen molar-refractivity contribution < 1.29 is 52.6 Å². The number of fused-ring (bicyclic) bond motifs is 1. The monoisotopic (exact) mass is 616 g/mol. The van der Waals surface area contributed by atoms with Crippen molar-refractivity contribution >= 4 is 63.6 Å². The van der Waals surface area contributed by atoms with Gasteiger partial charge in [-0.2, -0.15) is 13.2 Å². The number of aromatic nitrogens is 1. The van der Waals surface area contributed by atoms with Gasteiger partial charge in [0.05, 0.1) is 6.54 Å². The number of terminal acetylenes is 1. The first-order chi connectivity index (χ1) is 19.2. The van der Waals surface area contributed by atoms with Gasteiger partial charge in [-0.15, -0.1) is 29.5 Å². The van der Waals surface area contributed by atoms with Crippen LogP contribution in [0.4, 0.5) is 18.3 Å². The molecular weight excluding hydrogens is 597 g/mol. The van der Waals surface area contributed by atoms with Crippen LogP contribution in [0.5, 0.6) is 0 Å². The van der Waals surface area contributed by atoms with Crippen molar-refractivity contribution in [2.75, 3.05) is 24.6 Å². The number of aliphatic carboxylic acids is 2. The Morgan fingerprint density at radius 2 is 1.98 bits per heavy atom. The minimum Gasteiger partial charge on any atom is -0.477 e. The van der Waals surface area contributed by atoms with Crippen LogP contribution in [0.15, 0.2) is 33.5 Å². The molecule has 0 spiro atoms. The third-order valence-corrected chi connectivity index (χ3v) is 7.63. The van der Waals surface area contributed by atoms with Crippen LogP contribution < -0.4 is 11.1 Å². The van der Waals surface area contributed by atoms with Crippen molar-refractivity contribution in [1.82, 2.24) is 20.1 Å². The Balaban J connectivity index is 0.000000587. The van der Waals surface area contributed by atoms with Gasteiger partial charge in [0.15, 0.2) is 10.8 Å². The predicted molar refractivity (Wildman–Crippen MR) is 136 cm³/mol. The van der Waals surface area contributed by atoms with Gasteiger partial charge in [0, 0.05) is 23.3 Å². The van der Waals surface area contributed by atoms with Gasteiger partial charge in [-0.1, -0.05) is 11.1 Å². The van der Waals surface area contributed by atoms with Gasteiger partial charge in [-0.3, -0.25) is 19.3 Å². The number of hydrogen-bond donors (Lipinski definition) is 5. The number of anilines is 1. The van der Waals surface area contributed by atoms with E-state index in [4.69, 9.17) is 22.1 Å². The number of alkyl halides is 3. The van der Waals surface area contributed by atoms with E-state index in [2.05, 4.69) is 21.4 Å². The Kier molecular flexibility index (Phi) is 9.29. The Bertz CT molecular complexity index is 1430. The predicted octanol–water partition coefficient (Wildman–Crippen LogP) is 0.0674. The van der Waals surface area contributed by atoms with Gasteiger partial charge >= 0.3 is 18.1 Å². The van der Waals surface area contributed by atoms with E-state index in [1.54, 1.807) is 0 Å². The first kappa shape index (κ1) is 31.0. The number of nitrogens with two attached hydrogens (primary N) is 1. The van der Waals surface area contributed by atoms with Crippen LogP contribution in [0.25, 0.3) is 0 Å². The number of hydrogen-bond acceptors (Lipinski definition) is 11. The maximum Gasteiger partial charge on any atom is 0.490 e. The van der Waals surface area contributed by atoms with E-state index in [0.29, 0.717) is 24.1 Å². The van der Waals surface area contributed by atoms with Gasteiger partial charge in [0.1, 0.15) is 22.8 Å². The fourth-order valence-electron chi connectivity index (χ4n) is 3.85. The zero-order valence-corrected chi connectivity index (χ0v) is 22.0. The Morgan fingerprint density at radius 3 is 2.49 bits per heavy atom. The van der Waals surface area contributed by atoms with Gasteiger partial charge in [0.25, 0.3) is 17.7 Å². The number of carboxylic acids is 2. The molecule has 0 radical (unpaired) electrons. The molecule has 3 aliphatic rings. The van der Waals surface area contributed by atoms with Crippen LogP contribution in [0.2, 0.25) is 0 Å². The molecule has 4 rings (SSSR count). The van der Waals surface area contributed by atoms with Crippen molar-refractivity contribution in [3.8, 4) is 12.3 Å². The number of likely N-dealkylation sites (tertiary alicyclic amines) is 1. The zero-order valence-electron chi connectivity index (χ0n) is 20.4. The number of β-lactam (4-membered cyclic amide) rings is 1. The highest BCUT2D eigenvalue weighted by atomic mass is 32.2. The number of rotatable bonds is 6. The lowest BCUT2D eigenvalue weighted by Crippen LogP contribution is -2.71. The number of carbonyl (C=O) groups is 5. The van der Waals surface area contributed by atoms with Crippen LogP contribution in [0.1, 0.15) is 12.1 Å². The Hall–Kier alpha value is -4.57. The maximum atomic E-state index is 12.8. The molecule has 2 fully saturated rings. The lowest BCUT2D eigenvalue weighted by Gasteiger charge is -2.49. The quantitative estimate of drug-likeness (QED) is 0.0720. The van der Waals surface area contributed by atoms with E-state index >= 15 is 0 Å². The van der Waals surface area contributed by atoms with Crippen LogP contribution in [0, 0.1) is 12.3 Å². The SMILES string of the molecule is C#CCN1CCC(=CC2=C(C(=O)O)N3C(=O)[C@@H](NC(=O)C(=NO)c4csc(N)n4)[C@H]3SC2)C1=O.O=C(O)C(F)(F)F. The van der Waals surface area contributed by atoms with Gasteiger partial charge in [-0.05, 0) is 18.1 Å². The maximum absolute atomic E-state index is 12.8. The zero-order chi connectivity index (χ0) is 30.6. The molecule has 0 saturated carbocycles. The van der Waals surface area contributed by atoms with Crippen LogP contribution in [-0.2, 0) is 24.0 Å². The third-order valence-electron chi connectivity index (χ3n) is 5.65. The molecule has 1 aromatic heterocycles. The lowest BCUT2D eigenvalue weighted by atomic mass is 10.0. The molecule has 41 heavy (non-hydrogen) atoms. The van der Waals surface area contributed by atoms with E-state index in [1.807, 2.05) is 0 Å². The van der Waals surface area contributed by atoms with Gasteiger partial charge in [-0.25, -0.2) is 14.6 Å². The lowest BCUT2D eigenvalue weighted by molar-refractivity contribution is -0.192. The number of nitrogens with one attached hydrogen (secondary N) is 1. The number of halogens is 3. The molecule has 2 saturated heterocycles. The van der Waals surface area contributed by atoms with E-state index in [-0.39, 0.29) is 34.7 Å². The second-order valence-electron chi connectivity index (χ2n) is 8.21. The summed E-state index contributed by atoms with van der Waals surface area (Å²) in [6.45, 7) is 0.604. The summed E-state index contributed by atoms with van der Waals surface area (Å²) in [4.78, 5) is 65.3. The Labute approximate surface area is 236 Å². The summed E-state index contributed by atoms with van der Waals surface area (Å²) >= 11 is 2.29. The average molecular weight is 617 g/mol. The molecular formula is C22H19F3N6O8S2. The molecule has 1 aromatic rings. The number of carbonyl (C=O) groups excluding carboxylic acids is 3. The minimum absolute atomic E-state index is 0.0440. The van der Waals surface area contributed by atoms with Crippen molar-refractivity contribution in [3.05, 3.63) is 34.0 Å². The number of nitrogens with zero attached hydrogens (tertiary/aromatic N) is 4. The molecule has 218 valence electrons. The molecule has 0 unspecified atom stereocenters. The van der Waals surface area contributed by atoms with Crippen LogP contribution in [0.3, 0.4) is 0 Å². The largest absolute Gasteiger partial charge is 0.490 e. The highest BCUT2D eigenvalue weighted by molar-refractivity contribution is 8.00.